The third kappa shape index (κ3) is 5.11. The molecule has 0 N–H and O–H groups in total. The van der Waals surface area contributed by atoms with Crippen molar-refractivity contribution in [1.82, 2.24) is 4.57 Å². The number of methoxy groups -OCH3 is 1. The number of carbonyl (C=O) groups is 2. The number of rotatable bonds is 5. The summed E-state index contributed by atoms with van der Waals surface area (Å²) in [6.45, 7) is -0.151. The van der Waals surface area contributed by atoms with Gasteiger partial charge in [0.25, 0.3) is 5.91 Å². The normalized spacial score (nSPS) is 12.3. The second-order valence-corrected chi connectivity index (χ2v) is 9.72. The van der Waals surface area contributed by atoms with Gasteiger partial charge in [-0.05, 0) is 35.9 Å². The highest BCUT2D eigenvalue weighted by molar-refractivity contribution is 7.90. The minimum Gasteiger partial charge on any atom is -0.468 e. The van der Waals surface area contributed by atoms with Crippen molar-refractivity contribution in [2.75, 3.05) is 13.4 Å². The van der Waals surface area contributed by atoms with E-state index in [2.05, 4.69) is 4.99 Å². The first kappa shape index (κ1) is 21.2. The third-order valence-corrected chi connectivity index (χ3v) is 6.49. The van der Waals surface area contributed by atoms with Gasteiger partial charge in [-0.3, -0.25) is 9.59 Å². The number of aromatic nitrogens is 1. The fraction of sp³-hybridized carbons (Fsp3) is 0.211. The zero-order valence-electron chi connectivity index (χ0n) is 15.6. The van der Waals surface area contributed by atoms with Crippen LogP contribution in [0.2, 0.25) is 5.02 Å². The van der Waals surface area contributed by atoms with Gasteiger partial charge >= 0.3 is 5.97 Å². The topological polar surface area (TPSA) is 94.8 Å². The number of sulfone groups is 1. The van der Waals surface area contributed by atoms with Crippen molar-refractivity contribution in [2.45, 2.75) is 17.9 Å². The minimum absolute atomic E-state index is 0.0677. The van der Waals surface area contributed by atoms with Gasteiger partial charge in [-0.2, -0.15) is 4.99 Å². The molecule has 0 fully saturated rings. The molecule has 0 saturated carbocycles. The fourth-order valence-electron chi connectivity index (χ4n) is 2.64. The van der Waals surface area contributed by atoms with Crippen LogP contribution in [0.15, 0.2) is 52.4 Å². The molecule has 0 bridgehead atoms. The summed E-state index contributed by atoms with van der Waals surface area (Å²) in [5, 5.41) is 0.570. The lowest BCUT2D eigenvalue weighted by molar-refractivity contribution is -0.141. The average Bonchev–Trinajstić information content (AvgIpc) is 2.99. The van der Waals surface area contributed by atoms with E-state index in [0.717, 1.165) is 23.2 Å². The lowest BCUT2D eigenvalue weighted by Crippen LogP contribution is -2.22. The summed E-state index contributed by atoms with van der Waals surface area (Å²) in [7, 11) is -2.13. The third-order valence-electron chi connectivity index (χ3n) is 4.09. The summed E-state index contributed by atoms with van der Waals surface area (Å²) in [5.74, 6) is -0.913. The first-order valence-electron chi connectivity index (χ1n) is 8.39. The molecule has 3 aromatic rings. The Morgan fingerprint density at radius 1 is 1.17 bits per heavy atom. The van der Waals surface area contributed by atoms with E-state index in [0.29, 0.717) is 15.2 Å². The Balaban J connectivity index is 2.07. The van der Waals surface area contributed by atoms with Gasteiger partial charge < -0.3 is 9.30 Å². The van der Waals surface area contributed by atoms with E-state index in [1.54, 1.807) is 30.3 Å². The van der Waals surface area contributed by atoms with Crippen molar-refractivity contribution in [3.8, 4) is 0 Å². The summed E-state index contributed by atoms with van der Waals surface area (Å²) >= 11 is 6.98. The van der Waals surface area contributed by atoms with Gasteiger partial charge in [-0.25, -0.2) is 8.42 Å². The Hall–Kier alpha value is -2.49. The molecule has 3 rings (SSSR count). The van der Waals surface area contributed by atoms with Crippen LogP contribution in [0.25, 0.3) is 10.2 Å². The Morgan fingerprint density at radius 3 is 2.48 bits per heavy atom. The molecule has 0 radical (unpaired) electrons. The molecule has 0 atom stereocenters. The van der Waals surface area contributed by atoms with Crippen molar-refractivity contribution in [3.63, 3.8) is 0 Å². The van der Waals surface area contributed by atoms with Crippen molar-refractivity contribution in [1.29, 1.82) is 0 Å². The largest absolute Gasteiger partial charge is 0.468 e. The van der Waals surface area contributed by atoms with E-state index in [4.69, 9.17) is 16.3 Å². The molecule has 0 spiro atoms. The standard InChI is InChI=1S/C19H17ClN2O5S2/c1-27-18(24)11-22-15-8-7-14(29(2,25)26)10-16(15)28-19(22)21-17(23)9-12-3-5-13(20)6-4-12/h3-8,10H,9,11H2,1-2H3. The number of carbonyl (C=O) groups excluding carboxylic acids is 2. The molecule has 0 unspecified atom stereocenters. The van der Waals surface area contributed by atoms with Crippen molar-refractivity contribution in [3.05, 3.63) is 57.9 Å². The first-order chi connectivity index (χ1) is 13.7. The summed E-state index contributed by atoms with van der Waals surface area (Å²) in [6, 6.07) is 11.4. The quantitative estimate of drug-likeness (QED) is 0.554. The van der Waals surface area contributed by atoms with Gasteiger partial charge in [0.05, 0.1) is 28.6 Å². The van der Waals surface area contributed by atoms with Gasteiger partial charge in [0.15, 0.2) is 14.6 Å². The summed E-state index contributed by atoms with van der Waals surface area (Å²) in [4.78, 5) is 28.9. The predicted molar refractivity (Wildman–Crippen MR) is 111 cm³/mol. The lowest BCUT2D eigenvalue weighted by Gasteiger charge is -2.04. The van der Waals surface area contributed by atoms with E-state index in [9.17, 15) is 18.0 Å². The maximum atomic E-state index is 12.5. The van der Waals surface area contributed by atoms with Crippen LogP contribution in [-0.4, -0.2) is 38.2 Å². The Kier molecular flexibility index (Phi) is 6.21. The molecule has 29 heavy (non-hydrogen) atoms. The minimum atomic E-state index is -3.40. The van der Waals surface area contributed by atoms with Crippen LogP contribution in [0.1, 0.15) is 5.56 Å². The molecular weight excluding hydrogens is 436 g/mol. The average molecular weight is 453 g/mol. The number of thiazole rings is 1. The molecule has 0 aliphatic carbocycles. The van der Waals surface area contributed by atoms with Gasteiger partial charge in [0, 0.05) is 11.3 Å². The van der Waals surface area contributed by atoms with E-state index in [1.165, 1.54) is 23.8 Å². The number of ether oxygens (including phenoxy) is 1. The number of esters is 1. The number of fused-ring (bicyclic) bond motifs is 1. The van der Waals surface area contributed by atoms with Gasteiger partial charge in [-0.1, -0.05) is 35.1 Å². The highest BCUT2D eigenvalue weighted by Gasteiger charge is 2.15. The van der Waals surface area contributed by atoms with E-state index < -0.39 is 21.7 Å². The lowest BCUT2D eigenvalue weighted by atomic mass is 10.1. The molecule has 10 heteroatoms. The highest BCUT2D eigenvalue weighted by atomic mass is 35.5. The van der Waals surface area contributed by atoms with Crippen LogP contribution >= 0.6 is 22.9 Å². The van der Waals surface area contributed by atoms with Gasteiger partial charge in [0.1, 0.15) is 6.54 Å². The molecule has 2 aromatic carbocycles. The number of hydrogen-bond acceptors (Lipinski definition) is 6. The van der Waals surface area contributed by atoms with Crippen molar-refractivity contribution >= 4 is 54.9 Å². The van der Waals surface area contributed by atoms with Crippen LogP contribution in [-0.2, 0) is 37.1 Å². The number of amides is 1. The second kappa shape index (κ2) is 8.48. The Labute approximate surface area is 176 Å². The molecule has 0 aliphatic heterocycles. The molecule has 7 nitrogen and oxygen atoms in total. The molecule has 1 aromatic heterocycles. The van der Waals surface area contributed by atoms with Gasteiger partial charge in [-0.15, -0.1) is 0 Å². The van der Waals surface area contributed by atoms with E-state index >= 15 is 0 Å². The highest BCUT2D eigenvalue weighted by Crippen LogP contribution is 2.22. The number of halogens is 1. The maximum absolute atomic E-state index is 12.5. The maximum Gasteiger partial charge on any atom is 0.325 e. The predicted octanol–water partition coefficient (Wildman–Crippen LogP) is 2.60. The molecule has 1 amide bonds. The van der Waals surface area contributed by atoms with Crippen molar-refractivity contribution in [2.24, 2.45) is 4.99 Å². The van der Waals surface area contributed by atoms with E-state index in [-0.39, 0.29) is 22.7 Å². The number of nitrogens with zero attached hydrogens (tertiary/aromatic N) is 2. The van der Waals surface area contributed by atoms with Crippen LogP contribution < -0.4 is 4.80 Å². The van der Waals surface area contributed by atoms with Crippen LogP contribution in [0.3, 0.4) is 0 Å². The molecule has 0 aliphatic rings. The second-order valence-electron chi connectivity index (χ2n) is 6.26. The SMILES string of the molecule is COC(=O)Cn1c(=NC(=O)Cc2ccc(Cl)cc2)sc2cc(S(C)(=O)=O)ccc21. The zero-order valence-corrected chi connectivity index (χ0v) is 18.0. The smallest absolute Gasteiger partial charge is 0.325 e. The zero-order chi connectivity index (χ0) is 21.2. The number of hydrogen-bond donors (Lipinski definition) is 0. The monoisotopic (exact) mass is 452 g/mol. The molecule has 1 heterocycles. The summed E-state index contributed by atoms with van der Waals surface area (Å²) in [5.41, 5.74) is 1.34. The van der Waals surface area contributed by atoms with Crippen LogP contribution in [0, 0.1) is 0 Å². The van der Waals surface area contributed by atoms with Crippen molar-refractivity contribution < 1.29 is 22.7 Å². The molecular formula is C19H17ClN2O5S2. The summed E-state index contributed by atoms with van der Waals surface area (Å²) in [6.07, 6.45) is 1.18. The molecule has 152 valence electrons. The van der Waals surface area contributed by atoms with E-state index in [1.807, 2.05) is 0 Å². The van der Waals surface area contributed by atoms with Gasteiger partial charge in [0.2, 0.25) is 0 Å². The number of benzene rings is 2. The molecule has 0 saturated heterocycles. The first-order valence-corrected chi connectivity index (χ1v) is 11.5. The van der Waals surface area contributed by atoms with Crippen LogP contribution in [0.5, 0.6) is 0 Å². The Bertz CT molecular complexity index is 1260. The van der Waals surface area contributed by atoms with Crippen LogP contribution in [0.4, 0.5) is 0 Å². The fourth-order valence-corrected chi connectivity index (χ4v) is 4.57. The Morgan fingerprint density at radius 2 is 1.86 bits per heavy atom. The summed E-state index contributed by atoms with van der Waals surface area (Å²) < 4.78 is 30.5.